The molecule has 1 unspecified atom stereocenters. The maximum Gasteiger partial charge on any atom is 0.307 e. The first-order chi connectivity index (χ1) is 7.00. The van der Waals surface area contributed by atoms with E-state index in [0.717, 1.165) is 12.1 Å². The summed E-state index contributed by atoms with van der Waals surface area (Å²) in [6, 6.07) is 3.30. The van der Waals surface area contributed by atoms with E-state index >= 15 is 0 Å². The Labute approximate surface area is 85.3 Å². The van der Waals surface area contributed by atoms with Crippen LogP contribution in [0.15, 0.2) is 18.2 Å². The van der Waals surface area contributed by atoms with Gasteiger partial charge in [-0.15, -0.1) is 0 Å². The van der Waals surface area contributed by atoms with Crippen LogP contribution in [0.1, 0.15) is 13.3 Å². The van der Waals surface area contributed by atoms with Crippen molar-refractivity contribution in [1.29, 1.82) is 0 Å². The van der Waals surface area contributed by atoms with Crippen LogP contribution in [-0.2, 0) is 4.79 Å². The predicted octanol–water partition coefficient (Wildman–Crippen LogP) is 2.21. The summed E-state index contributed by atoms with van der Waals surface area (Å²) in [5.41, 5.74) is 0. The Morgan fingerprint density at radius 1 is 1.47 bits per heavy atom. The normalized spacial score (nSPS) is 12.2. The van der Waals surface area contributed by atoms with E-state index in [2.05, 4.69) is 0 Å². The van der Waals surface area contributed by atoms with Gasteiger partial charge in [0.25, 0.3) is 0 Å². The third kappa shape index (κ3) is 3.19. The average molecular weight is 216 g/mol. The molecule has 0 aromatic heterocycles. The summed E-state index contributed by atoms with van der Waals surface area (Å²) in [4.78, 5) is 10.3. The molecular formula is C10H10F2O3. The molecule has 3 nitrogen and oxygen atoms in total. The molecule has 1 N–H and O–H groups in total. The number of carboxylic acid groups (broad SMARTS) is 1. The van der Waals surface area contributed by atoms with Gasteiger partial charge in [-0.1, -0.05) is 6.07 Å². The van der Waals surface area contributed by atoms with Crippen LogP contribution >= 0.6 is 0 Å². The second kappa shape index (κ2) is 4.72. The van der Waals surface area contributed by atoms with E-state index in [-0.39, 0.29) is 6.42 Å². The van der Waals surface area contributed by atoms with Crippen molar-refractivity contribution in [2.45, 2.75) is 19.4 Å². The maximum absolute atomic E-state index is 13.0. The van der Waals surface area contributed by atoms with E-state index < -0.39 is 29.5 Å². The third-order valence-corrected chi connectivity index (χ3v) is 1.70. The number of benzene rings is 1. The highest BCUT2D eigenvalue weighted by Gasteiger charge is 2.15. The first kappa shape index (κ1) is 11.4. The second-order valence-corrected chi connectivity index (χ2v) is 3.08. The number of rotatable bonds is 4. The van der Waals surface area contributed by atoms with E-state index in [0.29, 0.717) is 0 Å². The van der Waals surface area contributed by atoms with Crippen molar-refractivity contribution >= 4 is 5.97 Å². The lowest BCUT2D eigenvalue weighted by Crippen LogP contribution is -2.17. The first-order valence-corrected chi connectivity index (χ1v) is 4.33. The SMILES string of the molecule is CC(CC(=O)O)Oc1c(F)cccc1F. The van der Waals surface area contributed by atoms with Crippen molar-refractivity contribution in [2.24, 2.45) is 0 Å². The van der Waals surface area contributed by atoms with Gasteiger partial charge in [0, 0.05) is 0 Å². The molecule has 0 spiro atoms. The Balaban J connectivity index is 2.76. The van der Waals surface area contributed by atoms with Crippen LogP contribution in [0.3, 0.4) is 0 Å². The minimum Gasteiger partial charge on any atom is -0.484 e. The molecule has 0 aliphatic heterocycles. The highest BCUT2D eigenvalue weighted by atomic mass is 19.1. The average Bonchev–Trinajstić information content (AvgIpc) is 2.10. The summed E-state index contributed by atoms with van der Waals surface area (Å²) >= 11 is 0. The Bertz CT molecular complexity index is 345. The fourth-order valence-corrected chi connectivity index (χ4v) is 1.08. The van der Waals surface area contributed by atoms with Crippen LogP contribution in [0.4, 0.5) is 8.78 Å². The molecule has 0 heterocycles. The van der Waals surface area contributed by atoms with Gasteiger partial charge in [0.15, 0.2) is 17.4 Å². The van der Waals surface area contributed by atoms with Crippen LogP contribution < -0.4 is 4.74 Å². The summed E-state index contributed by atoms with van der Waals surface area (Å²) < 4.78 is 30.9. The number of halogens is 2. The van der Waals surface area contributed by atoms with Gasteiger partial charge in [-0.3, -0.25) is 4.79 Å². The largest absolute Gasteiger partial charge is 0.484 e. The minimum absolute atomic E-state index is 0.312. The molecule has 5 heteroatoms. The summed E-state index contributed by atoms with van der Waals surface area (Å²) in [5, 5.41) is 8.43. The minimum atomic E-state index is -1.08. The molecule has 0 saturated carbocycles. The Morgan fingerprint density at radius 3 is 2.47 bits per heavy atom. The molecule has 1 aromatic rings. The molecule has 0 aliphatic carbocycles. The molecular weight excluding hydrogens is 206 g/mol. The molecule has 0 bridgehead atoms. The topological polar surface area (TPSA) is 46.5 Å². The lowest BCUT2D eigenvalue weighted by Gasteiger charge is -2.13. The van der Waals surface area contributed by atoms with Crippen molar-refractivity contribution in [3.8, 4) is 5.75 Å². The Hall–Kier alpha value is -1.65. The number of hydrogen-bond acceptors (Lipinski definition) is 2. The van der Waals surface area contributed by atoms with Crippen LogP contribution in [-0.4, -0.2) is 17.2 Å². The number of aliphatic carboxylic acids is 1. The van der Waals surface area contributed by atoms with Gasteiger partial charge in [-0.2, -0.15) is 0 Å². The van der Waals surface area contributed by atoms with Gasteiger partial charge in [0.05, 0.1) is 6.42 Å². The molecule has 82 valence electrons. The number of hydrogen-bond donors (Lipinski definition) is 1. The van der Waals surface area contributed by atoms with Gasteiger partial charge < -0.3 is 9.84 Å². The van der Waals surface area contributed by atoms with Crippen LogP contribution in [0, 0.1) is 11.6 Å². The smallest absolute Gasteiger partial charge is 0.307 e. The highest BCUT2D eigenvalue weighted by molar-refractivity contribution is 5.67. The van der Waals surface area contributed by atoms with Crippen molar-refractivity contribution in [3.05, 3.63) is 29.8 Å². The maximum atomic E-state index is 13.0. The number of carbonyl (C=O) groups is 1. The van der Waals surface area contributed by atoms with Gasteiger partial charge in [-0.25, -0.2) is 8.78 Å². The zero-order valence-electron chi connectivity index (χ0n) is 8.04. The van der Waals surface area contributed by atoms with Crippen molar-refractivity contribution in [1.82, 2.24) is 0 Å². The molecule has 1 aromatic carbocycles. The highest BCUT2D eigenvalue weighted by Crippen LogP contribution is 2.22. The van der Waals surface area contributed by atoms with Crippen LogP contribution in [0.5, 0.6) is 5.75 Å². The Morgan fingerprint density at radius 2 is 2.00 bits per heavy atom. The Kier molecular flexibility index (Phi) is 3.60. The zero-order valence-corrected chi connectivity index (χ0v) is 8.04. The quantitative estimate of drug-likeness (QED) is 0.839. The van der Waals surface area contributed by atoms with Gasteiger partial charge in [0.2, 0.25) is 0 Å². The number of ether oxygens (including phenoxy) is 1. The van der Waals surface area contributed by atoms with E-state index in [1.54, 1.807) is 0 Å². The fourth-order valence-electron chi connectivity index (χ4n) is 1.08. The summed E-state index contributed by atoms with van der Waals surface area (Å²) in [6.07, 6.45) is -1.10. The summed E-state index contributed by atoms with van der Waals surface area (Å²) in [7, 11) is 0. The molecule has 0 radical (unpaired) electrons. The molecule has 15 heavy (non-hydrogen) atoms. The standard InChI is InChI=1S/C10H10F2O3/c1-6(5-9(13)14)15-10-7(11)3-2-4-8(10)12/h2-4,6H,5H2,1H3,(H,13,14). The van der Waals surface area contributed by atoms with Crippen LogP contribution in [0.25, 0.3) is 0 Å². The number of para-hydroxylation sites is 1. The molecule has 0 aliphatic rings. The second-order valence-electron chi connectivity index (χ2n) is 3.08. The van der Waals surface area contributed by atoms with Gasteiger partial charge in [-0.05, 0) is 19.1 Å². The molecule has 0 fully saturated rings. The first-order valence-electron chi connectivity index (χ1n) is 4.33. The fraction of sp³-hybridized carbons (Fsp3) is 0.300. The van der Waals surface area contributed by atoms with E-state index in [9.17, 15) is 13.6 Å². The van der Waals surface area contributed by atoms with Crippen molar-refractivity contribution < 1.29 is 23.4 Å². The van der Waals surface area contributed by atoms with Gasteiger partial charge >= 0.3 is 5.97 Å². The molecule has 1 atom stereocenters. The molecule has 0 amide bonds. The molecule has 0 saturated heterocycles. The van der Waals surface area contributed by atoms with E-state index in [1.165, 1.54) is 13.0 Å². The molecule has 1 rings (SSSR count). The van der Waals surface area contributed by atoms with Crippen LogP contribution in [0.2, 0.25) is 0 Å². The number of carboxylic acids is 1. The third-order valence-electron chi connectivity index (χ3n) is 1.70. The van der Waals surface area contributed by atoms with Gasteiger partial charge in [0.1, 0.15) is 6.10 Å². The lowest BCUT2D eigenvalue weighted by atomic mass is 10.2. The van der Waals surface area contributed by atoms with E-state index in [4.69, 9.17) is 9.84 Å². The van der Waals surface area contributed by atoms with Crippen molar-refractivity contribution in [3.63, 3.8) is 0 Å². The predicted molar refractivity (Wildman–Crippen MR) is 48.7 cm³/mol. The van der Waals surface area contributed by atoms with Crippen molar-refractivity contribution in [2.75, 3.05) is 0 Å². The van der Waals surface area contributed by atoms with E-state index in [1.807, 2.05) is 0 Å². The zero-order chi connectivity index (χ0) is 11.4. The monoisotopic (exact) mass is 216 g/mol. The lowest BCUT2D eigenvalue weighted by molar-refractivity contribution is -0.138. The summed E-state index contributed by atoms with van der Waals surface area (Å²) in [6.45, 7) is 1.43. The summed E-state index contributed by atoms with van der Waals surface area (Å²) in [5.74, 6) is -3.30.